The van der Waals surface area contributed by atoms with Crippen LogP contribution in [0.2, 0.25) is 0 Å². The van der Waals surface area contributed by atoms with Gasteiger partial charge in [-0.1, -0.05) is 57.9 Å². The van der Waals surface area contributed by atoms with Crippen molar-refractivity contribution in [1.29, 1.82) is 0 Å². The molecule has 1 aliphatic rings. The second-order valence-electron chi connectivity index (χ2n) is 7.65. The first-order valence-corrected chi connectivity index (χ1v) is 11.0. The van der Waals surface area contributed by atoms with Crippen LogP contribution in [0.15, 0.2) is 57.5 Å². The van der Waals surface area contributed by atoms with Crippen molar-refractivity contribution in [2.75, 3.05) is 0 Å². The Labute approximate surface area is 185 Å². The van der Waals surface area contributed by atoms with Crippen LogP contribution in [-0.2, 0) is 6.54 Å². The van der Waals surface area contributed by atoms with Crippen molar-refractivity contribution in [2.45, 2.75) is 39.2 Å². The summed E-state index contributed by atoms with van der Waals surface area (Å²) in [6, 6.07) is 15.3. The van der Waals surface area contributed by atoms with Gasteiger partial charge in [-0.15, -0.1) is 0 Å². The average molecular weight is 463 g/mol. The first-order chi connectivity index (χ1) is 14.6. The van der Waals surface area contributed by atoms with Crippen molar-refractivity contribution < 1.29 is 9.32 Å². The molecule has 1 fully saturated rings. The zero-order valence-corrected chi connectivity index (χ0v) is 18.5. The van der Waals surface area contributed by atoms with Crippen LogP contribution in [0.25, 0.3) is 11.3 Å². The van der Waals surface area contributed by atoms with Crippen LogP contribution in [0, 0.1) is 24.7 Å². The van der Waals surface area contributed by atoms with Crippen molar-refractivity contribution in [3.8, 4) is 23.1 Å². The highest BCUT2D eigenvalue weighted by atomic mass is 79.9. The standard InChI is InChI=1S/C25H23BrN2O2/c1-17-14-21(9-8-19(17)7-6-18-4-2-3-5-18)25(29)27-16-23-15-24(28-30-23)20-10-12-22(26)13-11-20/h8-15,18H,2-5,16H2,1H3,(H,27,29). The average Bonchev–Trinajstić information content (AvgIpc) is 3.44. The fourth-order valence-electron chi connectivity index (χ4n) is 3.62. The number of carbonyl (C=O) groups excluding carboxylic acids is 1. The maximum Gasteiger partial charge on any atom is 0.251 e. The van der Waals surface area contributed by atoms with Crippen LogP contribution < -0.4 is 5.32 Å². The minimum atomic E-state index is -0.144. The van der Waals surface area contributed by atoms with E-state index in [4.69, 9.17) is 4.52 Å². The zero-order valence-electron chi connectivity index (χ0n) is 16.9. The number of hydrogen-bond acceptors (Lipinski definition) is 3. The van der Waals surface area contributed by atoms with Gasteiger partial charge in [-0.3, -0.25) is 4.79 Å². The molecule has 1 saturated carbocycles. The van der Waals surface area contributed by atoms with E-state index in [9.17, 15) is 4.79 Å². The lowest BCUT2D eigenvalue weighted by molar-refractivity contribution is 0.0947. The summed E-state index contributed by atoms with van der Waals surface area (Å²) in [4.78, 5) is 12.5. The fraction of sp³-hybridized carbons (Fsp3) is 0.280. The molecule has 0 bridgehead atoms. The monoisotopic (exact) mass is 462 g/mol. The Balaban J connectivity index is 1.37. The molecule has 0 atom stereocenters. The van der Waals surface area contributed by atoms with Crippen LogP contribution in [0.3, 0.4) is 0 Å². The van der Waals surface area contributed by atoms with Crippen molar-refractivity contribution >= 4 is 21.8 Å². The van der Waals surface area contributed by atoms with Crippen LogP contribution in [0.4, 0.5) is 0 Å². The van der Waals surface area contributed by atoms with E-state index >= 15 is 0 Å². The first kappa shape index (κ1) is 20.4. The molecule has 1 aromatic heterocycles. The van der Waals surface area contributed by atoms with Gasteiger partial charge < -0.3 is 9.84 Å². The van der Waals surface area contributed by atoms with E-state index in [2.05, 4.69) is 38.2 Å². The number of carbonyl (C=O) groups is 1. The molecule has 0 unspecified atom stereocenters. The molecule has 2 aromatic carbocycles. The summed E-state index contributed by atoms with van der Waals surface area (Å²) in [5.74, 6) is 7.66. The number of hydrogen-bond donors (Lipinski definition) is 1. The number of nitrogens with one attached hydrogen (secondary N) is 1. The van der Waals surface area contributed by atoms with Gasteiger partial charge in [0.2, 0.25) is 0 Å². The summed E-state index contributed by atoms with van der Waals surface area (Å²) in [5.41, 5.74) is 4.34. The van der Waals surface area contributed by atoms with E-state index in [1.807, 2.05) is 55.5 Å². The smallest absolute Gasteiger partial charge is 0.251 e. The molecule has 1 N–H and O–H groups in total. The van der Waals surface area contributed by atoms with Crippen molar-refractivity contribution in [1.82, 2.24) is 10.5 Å². The number of rotatable bonds is 4. The zero-order chi connectivity index (χ0) is 20.9. The molecule has 3 aromatic rings. The third-order valence-corrected chi connectivity index (χ3v) is 5.91. The summed E-state index contributed by atoms with van der Waals surface area (Å²) < 4.78 is 6.37. The lowest BCUT2D eigenvalue weighted by Gasteiger charge is -2.05. The third kappa shape index (κ3) is 5.01. The van der Waals surface area contributed by atoms with Gasteiger partial charge in [-0.05, 0) is 55.7 Å². The Bertz CT molecular complexity index is 1100. The molecule has 4 nitrogen and oxygen atoms in total. The first-order valence-electron chi connectivity index (χ1n) is 10.2. The second-order valence-corrected chi connectivity index (χ2v) is 8.56. The molecule has 1 heterocycles. The Morgan fingerprint density at radius 1 is 1.17 bits per heavy atom. The number of benzene rings is 2. The highest BCUT2D eigenvalue weighted by Gasteiger charge is 2.13. The molecule has 0 aliphatic heterocycles. The normalized spacial score (nSPS) is 13.7. The summed E-state index contributed by atoms with van der Waals surface area (Å²) in [6.07, 6.45) is 4.98. The van der Waals surface area contributed by atoms with Gasteiger partial charge in [0, 0.05) is 33.1 Å². The van der Waals surface area contributed by atoms with Crippen LogP contribution in [0.1, 0.15) is 52.9 Å². The van der Waals surface area contributed by atoms with E-state index < -0.39 is 0 Å². The van der Waals surface area contributed by atoms with E-state index in [-0.39, 0.29) is 12.5 Å². The minimum absolute atomic E-state index is 0.144. The van der Waals surface area contributed by atoms with Crippen LogP contribution in [0.5, 0.6) is 0 Å². The summed E-state index contributed by atoms with van der Waals surface area (Å²) in [7, 11) is 0. The predicted octanol–water partition coefficient (Wildman–Crippen LogP) is 5.88. The molecule has 0 saturated heterocycles. The minimum Gasteiger partial charge on any atom is -0.359 e. The molecule has 1 aliphatic carbocycles. The van der Waals surface area contributed by atoms with Gasteiger partial charge in [0.1, 0.15) is 5.69 Å². The Hall–Kier alpha value is -2.84. The Morgan fingerprint density at radius 3 is 2.67 bits per heavy atom. The molecular weight excluding hydrogens is 440 g/mol. The lowest BCUT2D eigenvalue weighted by atomic mass is 10.0. The molecule has 0 spiro atoms. The van der Waals surface area contributed by atoms with Gasteiger partial charge in [-0.2, -0.15) is 0 Å². The number of halogens is 1. The maximum atomic E-state index is 12.5. The van der Waals surface area contributed by atoms with Gasteiger partial charge in [-0.25, -0.2) is 0 Å². The Kier molecular flexibility index (Phi) is 6.35. The number of aromatic nitrogens is 1. The second kappa shape index (κ2) is 9.32. The number of amides is 1. The van der Waals surface area contributed by atoms with E-state index in [1.165, 1.54) is 25.7 Å². The lowest BCUT2D eigenvalue weighted by Crippen LogP contribution is -2.22. The predicted molar refractivity (Wildman–Crippen MR) is 121 cm³/mol. The molecule has 152 valence electrons. The van der Waals surface area contributed by atoms with E-state index in [0.29, 0.717) is 17.2 Å². The molecule has 30 heavy (non-hydrogen) atoms. The van der Waals surface area contributed by atoms with Crippen LogP contribution in [-0.4, -0.2) is 11.1 Å². The quantitative estimate of drug-likeness (QED) is 0.492. The maximum absolute atomic E-state index is 12.5. The molecule has 1 amide bonds. The van der Waals surface area contributed by atoms with Gasteiger partial charge in [0.25, 0.3) is 5.91 Å². The topological polar surface area (TPSA) is 55.1 Å². The summed E-state index contributed by atoms with van der Waals surface area (Å²) in [5, 5.41) is 6.99. The summed E-state index contributed by atoms with van der Waals surface area (Å²) in [6.45, 7) is 2.28. The molecular formula is C25H23BrN2O2. The highest BCUT2D eigenvalue weighted by molar-refractivity contribution is 9.10. The van der Waals surface area contributed by atoms with Crippen molar-refractivity contribution in [3.05, 3.63) is 75.5 Å². The number of nitrogens with zero attached hydrogens (tertiary/aromatic N) is 1. The highest BCUT2D eigenvalue weighted by Crippen LogP contribution is 2.24. The van der Waals surface area contributed by atoms with Gasteiger partial charge in [0.05, 0.1) is 6.54 Å². The summed E-state index contributed by atoms with van der Waals surface area (Å²) >= 11 is 3.42. The molecule has 0 radical (unpaired) electrons. The van der Waals surface area contributed by atoms with Crippen molar-refractivity contribution in [3.63, 3.8) is 0 Å². The van der Waals surface area contributed by atoms with Gasteiger partial charge >= 0.3 is 0 Å². The van der Waals surface area contributed by atoms with Gasteiger partial charge in [0.15, 0.2) is 5.76 Å². The number of aryl methyl sites for hydroxylation is 1. The largest absolute Gasteiger partial charge is 0.359 e. The SMILES string of the molecule is Cc1cc(C(=O)NCc2cc(-c3ccc(Br)cc3)no2)ccc1C#CC1CCCC1. The fourth-order valence-corrected chi connectivity index (χ4v) is 3.88. The Morgan fingerprint density at radius 2 is 1.93 bits per heavy atom. The molecule has 4 rings (SSSR count). The third-order valence-electron chi connectivity index (χ3n) is 5.38. The van der Waals surface area contributed by atoms with Crippen molar-refractivity contribution in [2.24, 2.45) is 5.92 Å². The molecule has 5 heteroatoms. The van der Waals surface area contributed by atoms with Crippen LogP contribution >= 0.6 is 15.9 Å². The van der Waals surface area contributed by atoms with E-state index in [0.717, 1.165) is 26.9 Å². The van der Waals surface area contributed by atoms with E-state index in [1.54, 1.807) is 0 Å².